The van der Waals surface area contributed by atoms with Crippen LogP contribution < -0.4 is 5.32 Å². The SMILES string of the molecule is Cc1ccc(NC(C)c2csc(Cl)c2)c(C)c1. The van der Waals surface area contributed by atoms with Gasteiger partial charge in [0.25, 0.3) is 0 Å². The number of benzene rings is 1. The Morgan fingerprint density at radius 2 is 2.00 bits per heavy atom. The summed E-state index contributed by atoms with van der Waals surface area (Å²) in [5.74, 6) is 0. The minimum Gasteiger partial charge on any atom is -0.378 e. The molecule has 1 heterocycles. The molecule has 0 aliphatic rings. The number of anilines is 1. The Hall–Kier alpha value is -0.990. The molecule has 1 atom stereocenters. The normalized spacial score (nSPS) is 12.5. The maximum Gasteiger partial charge on any atom is 0.0931 e. The lowest BCUT2D eigenvalue weighted by atomic mass is 10.1. The minimum absolute atomic E-state index is 0.278. The lowest BCUT2D eigenvalue weighted by Crippen LogP contribution is -2.06. The maximum absolute atomic E-state index is 5.95. The molecular formula is C14H16ClNS. The highest BCUT2D eigenvalue weighted by Gasteiger charge is 2.08. The minimum atomic E-state index is 0.278. The Kier molecular flexibility index (Phi) is 3.75. The largest absolute Gasteiger partial charge is 0.378 e. The Morgan fingerprint density at radius 3 is 2.59 bits per heavy atom. The monoisotopic (exact) mass is 265 g/mol. The van der Waals surface area contributed by atoms with Gasteiger partial charge in [-0.15, -0.1) is 11.3 Å². The number of aryl methyl sites for hydroxylation is 2. The van der Waals surface area contributed by atoms with E-state index in [1.165, 1.54) is 22.4 Å². The summed E-state index contributed by atoms with van der Waals surface area (Å²) in [6, 6.07) is 8.75. The highest BCUT2D eigenvalue weighted by Crippen LogP contribution is 2.28. The molecule has 0 fully saturated rings. The fraction of sp³-hybridized carbons (Fsp3) is 0.286. The zero-order valence-corrected chi connectivity index (χ0v) is 11.8. The van der Waals surface area contributed by atoms with Crippen molar-refractivity contribution in [2.24, 2.45) is 0 Å². The van der Waals surface area contributed by atoms with Crippen LogP contribution in [0.2, 0.25) is 4.34 Å². The van der Waals surface area contributed by atoms with Crippen molar-refractivity contribution in [1.29, 1.82) is 0 Å². The molecule has 1 nitrogen and oxygen atoms in total. The van der Waals surface area contributed by atoms with Gasteiger partial charge >= 0.3 is 0 Å². The number of nitrogens with one attached hydrogen (secondary N) is 1. The van der Waals surface area contributed by atoms with Gasteiger partial charge in [-0.3, -0.25) is 0 Å². The molecule has 1 unspecified atom stereocenters. The molecule has 2 rings (SSSR count). The number of hydrogen-bond acceptors (Lipinski definition) is 2. The first-order valence-corrected chi connectivity index (χ1v) is 6.90. The number of halogens is 1. The van der Waals surface area contributed by atoms with Crippen molar-refractivity contribution in [2.75, 3.05) is 5.32 Å². The van der Waals surface area contributed by atoms with E-state index in [9.17, 15) is 0 Å². The Morgan fingerprint density at radius 1 is 1.24 bits per heavy atom. The van der Waals surface area contributed by atoms with Crippen LogP contribution in [0.15, 0.2) is 29.6 Å². The zero-order chi connectivity index (χ0) is 12.4. The molecular weight excluding hydrogens is 250 g/mol. The number of hydrogen-bond donors (Lipinski definition) is 1. The average molecular weight is 266 g/mol. The molecule has 0 saturated carbocycles. The van der Waals surface area contributed by atoms with E-state index < -0.39 is 0 Å². The van der Waals surface area contributed by atoms with Crippen LogP contribution in [-0.4, -0.2) is 0 Å². The second-order valence-electron chi connectivity index (χ2n) is 4.37. The van der Waals surface area contributed by atoms with Crippen molar-refractivity contribution in [2.45, 2.75) is 26.8 Å². The maximum atomic E-state index is 5.95. The molecule has 1 aromatic heterocycles. The fourth-order valence-corrected chi connectivity index (χ4v) is 2.83. The summed E-state index contributed by atoms with van der Waals surface area (Å²) >= 11 is 7.53. The van der Waals surface area contributed by atoms with Crippen LogP contribution in [0.4, 0.5) is 5.69 Å². The quantitative estimate of drug-likeness (QED) is 0.805. The van der Waals surface area contributed by atoms with Crippen LogP contribution >= 0.6 is 22.9 Å². The van der Waals surface area contributed by atoms with E-state index in [-0.39, 0.29) is 6.04 Å². The number of rotatable bonds is 3. The van der Waals surface area contributed by atoms with Crippen molar-refractivity contribution < 1.29 is 0 Å². The summed E-state index contributed by atoms with van der Waals surface area (Å²) in [5, 5.41) is 5.62. The predicted octanol–water partition coefficient (Wildman–Crippen LogP) is 5.19. The predicted molar refractivity (Wildman–Crippen MR) is 77.3 cm³/mol. The van der Waals surface area contributed by atoms with Gasteiger partial charge in [0.15, 0.2) is 0 Å². The first-order chi connectivity index (χ1) is 8.06. The lowest BCUT2D eigenvalue weighted by Gasteiger charge is -2.16. The van der Waals surface area contributed by atoms with Gasteiger partial charge in [0.05, 0.1) is 4.34 Å². The van der Waals surface area contributed by atoms with Crippen LogP contribution in [0.3, 0.4) is 0 Å². The topological polar surface area (TPSA) is 12.0 Å². The van der Waals surface area contributed by atoms with E-state index >= 15 is 0 Å². The standard InChI is InChI=1S/C14H16ClNS/c1-9-4-5-13(10(2)6-9)16-11(3)12-7-14(15)17-8-12/h4-8,11,16H,1-3H3. The fourth-order valence-electron chi connectivity index (χ4n) is 1.84. The smallest absolute Gasteiger partial charge is 0.0931 e. The molecule has 17 heavy (non-hydrogen) atoms. The van der Waals surface area contributed by atoms with Crippen molar-refractivity contribution in [1.82, 2.24) is 0 Å². The van der Waals surface area contributed by atoms with Gasteiger partial charge in [-0.05, 0) is 49.4 Å². The molecule has 1 aromatic carbocycles. The van der Waals surface area contributed by atoms with Gasteiger partial charge in [-0.2, -0.15) is 0 Å². The van der Waals surface area contributed by atoms with E-state index in [0.29, 0.717) is 0 Å². The molecule has 3 heteroatoms. The van der Waals surface area contributed by atoms with E-state index in [0.717, 1.165) is 4.34 Å². The van der Waals surface area contributed by atoms with Crippen LogP contribution in [-0.2, 0) is 0 Å². The third-order valence-corrected chi connectivity index (χ3v) is 3.95. The highest BCUT2D eigenvalue weighted by molar-refractivity contribution is 7.14. The molecule has 0 amide bonds. The first-order valence-electron chi connectivity index (χ1n) is 5.64. The van der Waals surface area contributed by atoms with Crippen molar-refractivity contribution >= 4 is 28.6 Å². The van der Waals surface area contributed by atoms with E-state index in [4.69, 9.17) is 11.6 Å². The average Bonchev–Trinajstić information content (AvgIpc) is 2.69. The first kappa shape index (κ1) is 12.5. The van der Waals surface area contributed by atoms with Crippen LogP contribution in [0.5, 0.6) is 0 Å². The molecule has 0 radical (unpaired) electrons. The Labute approximate surface area is 111 Å². The third-order valence-electron chi connectivity index (χ3n) is 2.84. The molecule has 1 N–H and O–H groups in total. The Bertz CT molecular complexity index is 519. The third kappa shape index (κ3) is 3.02. The van der Waals surface area contributed by atoms with Crippen LogP contribution in [0.25, 0.3) is 0 Å². The summed E-state index contributed by atoms with van der Waals surface area (Å²) in [4.78, 5) is 0. The van der Waals surface area contributed by atoms with E-state index in [1.807, 2.05) is 6.07 Å². The van der Waals surface area contributed by atoms with Gasteiger partial charge in [0, 0.05) is 11.7 Å². The van der Waals surface area contributed by atoms with Gasteiger partial charge in [-0.25, -0.2) is 0 Å². The van der Waals surface area contributed by atoms with Gasteiger partial charge in [0.1, 0.15) is 0 Å². The van der Waals surface area contributed by atoms with Crippen LogP contribution in [0, 0.1) is 13.8 Å². The second kappa shape index (κ2) is 5.11. The molecule has 0 saturated heterocycles. The Balaban J connectivity index is 2.15. The number of thiophene rings is 1. The summed E-state index contributed by atoms with van der Waals surface area (Å²) in [6.07, 6.45) is 0. The highest BCUT2D eigenvalue weighted by atomic mass is 35.5. The van der Waals surface area contributed by atoms with Gasteiger partial charge in [-0.1, -0.05) is 29.3 Å². The van der Waals surface area contributed by atoms with Crippen molar-refractivity contribution in [3.05, 3.63) is 50.7 Å². The molecule has 0 aliphatic heterocycles. The van der Waals surface area contributed by atoms with Crippen molar-refractivity contribution in [3.8, 4) is 0 Å². The van der Waals surface area contributed by atoms with E-state index in [1.54, 1.807) is 11.3 Å². The summed E-state index contributed by atoms with van der Waals surface area (Å²) < 4.78 is 0.842. The summed E-state index contributed by atoms with van der Waals surface area (Å²) in [6.45, 7) is 6.39. The molecule has 90 valence electrons. The van der Waals surface area contributed by atoms with Gasteiger partial charge in [0.2, 0.25) is 0 Å². The second-order valence-corrected chi connectivity index (χ2v) is 5.91. The van der Waals surface area contributed by atoms with Crippen LogP contribution in [0.1, 0.15) is 29.7 Å². The van der Waals surface area contributed by atoms with Gasteiger partial charge < -0.3 is 5.32 Å². The molecule has 0 aliphatic carbocycles. The lowest BCUT2D eigenvalue weighted by molar-refractivity contribution is 0.888. The van der Waals surface area contributed by atoms with E-state index in [2.05, 4.69) is 49.7 Å². The summed E-state index contributed by atoms with van der Waals surface area (Å²) in [7, 11) is 0. The zero-order valence-electron chi connectivity index (χ0n) is 10.3. The molecule has 0 spiro atoms. The van der Waals surface area contributed by atoms with Crippen molar-refractivity contribution in [3.63, 3.8) is 0 Å². The molecule has 2 aromatic rings. The summed E-state index contributed by atoms with van der Waals surface area (Å²) in [5.41, 5.74) is 4.99. The molecule has 0 bridgehead atoms.